The summed E-state index contributed by atoms with van der Waals surface area (Å²) in [7, 11) is 0. The van der Waals surface area contributed by atoms with Gasteiger partial charge in [-0.1, -0.05) is 30.3 Å². The van der Waals surface area contributed by atoms with Crippen molar-refractivity contribution >= 4 is 6.16 Å². The van der Waals surface area contributed by atoms with Crippen molar-refractivity contribution in [3.8, 4) is 0 Å². The first-order valence-electron chi connectivity index (χ1n) is 7.26. The lowest BCUT2D eigenvalue weighted by Crippen LogP contribution is -2.61. The summed E-state index contributed by atoms with van der Waals surface area (Å²) >= 11 is 0. The minimum atomic E-state index is -1.43. The Morgan fingerprint density at radius 1 is 1.17 bits per heavy atom. The molecule has 128 valence electrons. The summed E-state index contributed by atoms with van der Waals surface area (Å²) in [6.45, 7) is -0.532. The normalized spacial score (nSPS) is 30.7. The zero-order valence-electron chi connectivity index (χ0n) is 12.4. The minimum Gasteiger partial charge on any atom is -0.429 e. The lowest BCUT2D eigenvalue weighted by molar-refractivity contribution is -0.229. The molecule has 8 nitrogen and oxygen atoms in total. The Balaban J connectivity index is 1.92. The zero-order chi connectivity index (χ0) is 16.8. The minimum absolute atomic E-state index is 0.0124. The quantitative estimate of drug-likeness (QED) is 0.514. The molecule has 1 saturated heterocycles. The third-order valence-electron chi connectivity index (χ3n) is 3.63. The van der Waals surface area contributed by atoms with Crippen LogP contribution in [0.3, 0.4) is 0 Å². The molecular formula is C15H21NO7. The molecule has 1 heterocycles. The second-order valence-corrected chi connectivity index (χ2v) is 5.22. The lowest BCUT2D eigenvalue weighted by atomic mass is 9.95. The first-order chi connectivity index (χ1) is 11.1. The number of carbonyl (C=O) groups excluding carboxylic acids is 1. The highest BCUT2D eigenvalue weighted by molar-refractivity contribution is 5.60. The van der Waals surface area contributed by atoms with Gasteiger partial charge in [-0.05, 0) is 5.56 Å². The monoisotopic (exact) mass is 327 g/mol. The highest BCUT2D eigenvalue weighted by atomic mass is 16.7. The zero-order valence-corrected chi connectivity index (χ0v) is 12.4. The van der Waals surface area contributed by atoms with E-state index < -0.39 is 43.3 Å². The molecule has 1 aromatic carbocycles. The van der Waals surface area contributed by atoms with Crippen molar-refractivity contribution in [1.29, 1.82) is 0 Å². The third-order valence-corrected chi connectivity index (χ3v) is 3.63. The van der Waals surface area contributed by atoms with Crippen LogP contribution in [0.2, 0.25) is 0 Å². The fourth-order valence-corrected chi connectivity index (χ4v) is 2.36. The molecule has 0 spiro atoms. The van der Waals surface area contributed by atoms with Crippen molar-refractivity contribution in [2.24, 2.45) is 5.73 Å². The van der Waals surface area contributed by atoms with Crippen molar-refractivity contribution in [2.45, 2.75) is 37.1 Å². The molecule has 1 aliphatic rings. The summed E-state index contributed by atoms with van der Waals surface area (Å²) in [5, 5.41) is 29.0. The molecule has 0 radical (unpaired) electrons. The van der Waals surface area contributed by atoms with Crippen LogP contribution in [0.15, 0.2) is 30.3 Å². The fraction of sp³-hybridized carbons (Fsp3) is 0.533. The molecule has 5 N–H and O–H groups in total. The maximum atomic E-state index is 11.8. The summed E-state index contributed by atoms with van der Waals surface area (Å²) in [4.78, 5) is 11.8. The predicted molar refractivity (Wildman–Crippen MR) is 78.3 cm³/mol. The SMILES string of the molecule is NC[C@@H]1O[C@H](CO)[C@@H](O)[C@H](O)[C@H]1OC(=O)OCc1ccccc1. The van der Waals surface area contributed by atoms with Crippen LogP contribution in [0, 0.1) is 0 Å². The Labute approximate surface area is 133 Å². The fourth-order valence-electron chi connectivity index (χ4n) is 2.36. The number of hydrogen-bond acceptors (Lipinski definition) is 8. The van der Waals surface area contributed by atoms with Crippen LogP contribution < -0.4 is 5.73 Å². The van der Waals surface area contributed by atoms with Gasteiger partial charge in [-0.25, -0.2) is 4.79 Å². The van der Waals surface area contributed by atoms with Crippen molar-refractivity contribution in [2.75, 3.05) is 13.2 Å². The van der Waals surface area contributed by atoms with E-state index in [1.54, 1.807) is 24.3 Å². The molecule has 0 unspecified atom stereocenters. The number of aliphatic hydroxyl groups excluding tert-OH is 3. The van der Waals surface area contributed by atoms with Gasteiger partial charge in [0.15, 0.2) is 6.10 Å². The molecule has 0 amide bonds. The molecular weight excluding hydrogens is 306 g/mol. The molecule has 8 heteroatoms. The highest BCUT2D eigenvalue weighted by Gasteiger charge is 2.46. The molecule has 0 bridgehead atoms. The van der Waals surface area contributed by atoms with Gasteiger partial charge < -0.3 is 35.3 Å². The maximum Gasteiger partial charge on any atom is 0.509 e. The Morgan fingerprint density at radius 2 is 1.87 bits per heavy atom. The largest absolute Gasteiger partial charge is 0.509 e. The summed E-state index contributed by atoms with van der Waals surface area (Å²) in [6, 6.07) is 9.01. The van der Waals surface area contributed by atoms with Crippen molar-refractivity contribution in [1.82, 2.24) is 0 Å². The van der Waals surface area contributed by atoms with Gasteiger partial charge in [0.2, 0.25) is 0 Å². The molecule has 1 aromatic rings. The molecule has 1 aliphatic heterocycles. The number of benzene rings is 1. The van der Waals surface area contributed by atoms with E-state index in [0.717, 1.165) is 5.56 Å². The van der Waals surface area contributed by atoms with Crippen LogP contribution in [-0.4, -0.2) is 65.1 Å². The Bertz CT molecular complexity index is 496. The van der Waals surface area contributed by atoms with Crippen molar-refractivity contribution in [3.63, 3.8) is 0 Å². The van der Waals surface area contributed by atoms with E-state index in [1.165, 1.54) is 0 Å². The molecule has 0 saturated carbocycles. The average molecular weight is 327 g/mol. The van der Waals surface area contributed by atoms with Crippen LogP contribution in [0.25, 0.3) is 0 Å². The summed E-state index contributed by atoms with van der Waals surface area (Å²) in [5.41, 5.74) is 6.31. The first kappa shape index (κ1) is 17.6. The highest BCUT2D eigenvalue weighted by Crippen LogP contribution is 2.23. The molecule has 2 rings (SSSR count). The van der Waals surface area contributed by atoms with Crippen LogP contribution >= 0.6 is 0 Å². The van der Waals surface area contributed by atoms with Crippen LogP contribution in [0.1, 0.15) is 5.56 Å². The second kappa shape index (κ2) is 8.23. The first-order valence-corrected chi connectivity index (χ1v) is 7.26. The van der Waals surface area contributed by atoms with E-state index in [9.17, 15) is 15.0 Å². The topological polar surface area (TPSA) is 131 Å². The predicted octanol–water partition coefficient (Wildman–Crippen LogP) is -0.851. The Hall–Kier alpha value is -1.71. The number of ether oxygens (including phenoxy) is 3. The van der Waals surface area contributed by atoms with Gasteiger partial charge in [-0.2, -0.15) is 0 Å². The van der Waals surface area contributed by atoms with Crippen LogP contribution in [-0.2, 0) is 20.8 Å². The van der Waals surface area contributed by atoms with Gasteiger partial charge in [0.1, 0.15) is 31.0 Å². The number of hydrogen-bond donors (Lipinski definition) is 4. The van der Waals surface area contributed by atoms with E-state index in [-0.39, 0.29) is 13.2 Å². The molecule has 0 aromatic heterocycles. The Kier molecular flexibility index (Phi) is 6.31. The Morgan fingerprint density at radius 3 is 2.48 bits per heavy atom. The van der Waals surface area contributed by atoms with E-state index in [2.05, 4.69) is 0 Å². The van der Waals surface area contributed by atoms with E-state index in [4.69, 9.17) is 25.1 Å². The van der Waals surface area contributed by atoms with E-state index in [0.29, 0.717) is 0 Å². The van der Waals surface area contributed by atoms with E-state index >= 15 is 0 Å². The van der Waals surface area contributed by atoms with Gasteiger partial charge >= 0.3 is 6.16 Å². The van der Waals surface area contributed by atoms with Gasteiger partial charge in [0, 0.05) is 6.54 Å². The third kappa shape index (κ3) is 4.40. The molecule has 0 aliphatic carbocycles. The number of aliphatic hydroxyl groups is 3. The molecule has 1 fully saturated rings. The standard InChI is InChI=1S/C15H21NO7/c16-6-10-14(13(19)12(18)11(7-17)22-10)23-15(20)21-8-9-4-2-1-3-5-9/h1-5,10-14,17-19H,6-8,16H2/t10-,11+,12+,13-,14-/m0/s1. The van der Waals surface area contributed by atoms with Crippen molar-refractivity contribution in [3.05, 3.63) is 35.9 Å². The van der Waals surface area contributed by atoms with Crippen LogP contribution in [0.5, 0.6) is 0 Å². The average Bonchev–Trinajstić information content (AvgIpc) is 2.58. The molecule has 5 atom stereocenters. The van der Waals surface area contributed by atoms with E-state index in [1.807, 2.05) is 6.07 Å². The van der Waals surface area contributed by atoms with Gasteiger partial charge in [0.05, 0.1) is 6.61 Å². The maximum absolute atomic E-state index is 11.8. The number of carbonyl (C=O) groups is 1. The van der Waals surface area contributed by atoms with Gasteiger partial charge in [-0.3, -0.25) is 0 Å². The number of rotatable bonds is 5. The summed E-state index contributed by atoms with van der Waals surface area (Å²) < 4.78 is 15.3. The van der Waals surface area contributed by atoms with Crippen LogP contribution in [0.4, 0.5) is 4.79 Å². The summed E-state index contributed by atoms with van der Waals surface area (Å²) in [6.07, 6.45) is -6.85. The van der Waals surface area contributed by atoms with Crippen molar-refractivity contribution < 1.29 is 34.3 Å². The van der Waals surface area contributed by atoms with Gasteiger partial charge in [-0.15, -0.1) is 0 Å². The summed E-state index contributed by atoms with van der Waals surface area (Å²) in [5.74, 6) is 0. The smallest absolute Gasteiger partial charge is 0.429 e. The molecule has 23 heavy (non-hydrogen) atoms. The lowest BCUT2D eigenvalue weighted by Gasteiger charge is -2.41. The second-order valence-electron chi connectivity index (χ2n) is 5.22. The number of nitrogens with two attached hydrogens (primary N) is 1. The van der Waals surface area contributed by atoms with Gasteiger partial charge in [0.25, 0.3) is 0 Å².